The molecule has 0 bridgehead atoms. The standard InChI is InChI=1S/C17H27NO/c1-4-18-15-8-6-5-7-14(12-15)17-10-9-16(19-3)11-13(17)2/h9-11,14-15,18H,4-8,12H2,1-3H3. The second kappa shape index (κ2) is 6.95. The van der Waals surface area contributed by atoms with E-state index in [0.717, 1.165) is 12.3 Å². The van der Waals surface area contributed by atoms with Gasteiger partial charge in [0.1, 0.15) is 5.75 Å². The molecule has 2 atom stereocenters. The van der Waals surface area contributed by atoms with Gasteiger partial charge in [0.15, 0.2) is 0 Å². The monoisotopic (exact) mass is 261 g/mol. The molecule has 1 aromatic carbocycles. The fourth-order valence-corrected chi connectivity index (χ4v) is 3.35. The first-order valence-electron chi connectivity index (χ1n) is 7.62. The molecule has 1 N–H and O–H groups in total. The number of ether oxygens (including phenoxy) is 1. The summed E-state index contributed by atoms with van der Waals surface area (Å²) in [6, 6.07) is 7.24. The Labute approximate surface area is 117 Å². The zero-order valence-electron chi connectivity index (χ0n) is 12.5. The first-order valence-corrected chi connectivity index (χ1v) is 7.62. The number of aryl methyl sites for hydroxylation is 1. The SMILES string of the molecule is CCNC1CCCCC(c2ccc(OC)cc2C)C1. The Balaban J connectivity index is 2.14. The second-order valence-corrected chi connectivity index (χ2v) is 5.69. The van der Waals surface area contributed by atoms with Gasteiger partial charge in [-0.25, -0.2) is 0 Å². The fraction of sp³-hybridized carbons (Fsp3) is 0.647. The Kier molecular flexibility index (Phi) is 5.26. The van der Waals surface area contributed by atoms with E-state index in [1.54, 1.807) is 7.11 Å². The van der Waals surface area contributed by atoms with Crippen molar-refractivity contribution < 1.29 is 4.74 Å². The van der Waals surface area contributed by atoms with Crippen LogP contribution in [0.3, 0.4) is 0 Å². The minimum absolute atomic E-state index is 0.694. The summed E-state index contributed by atoms with van der Waals surface area (Å²) in [6.07, 6.45) is 6.66. The minimum Gasteiger partial charge on any atom is -0.497 e. The fourth-order valence-electron chi connectivity index (χ4n) is 3.35. The highest BCUT2D eigenvalue weighted by Gasteiger charge is 2.22. The van der Waals surface area contributed by atoms with Gasteiger partial charge in [0, 0.05) is 6.04 Å². The smallest absolute Gasteiger partial charge is 0.119 e. The van der Waals surface area contributed by atoms with Crippen LogP contribution in [0, 0.1) is 6.92 Å². The van der Waals surface area contributed by atoms with Crippen LogP contribution >= 0.6 is 0 Å². The Bertz CT molecular complexity index is 402. The molecule has 2 rings (SSSR count). The van der Waals surface area contributed by atoms with Crippen molar-refractivity contribution in [2.75, 3.05) is 13.7 Å². The maximum atomic E-state index is 5.31. The molecule has 0 amide bonds. The van der Waals surface area contributed by atoms with E-state index >= 15 is 0 Å². The van der Waals surface area contributed by atoms with Crippen LogP contribution in [0.15, 0.2) is 18.2 Å². The molecule has 1 aromatic rings. The van der Waals surface area contributed by atoms with Gasteiger partial charge in [0.05, 0.1) is 7.11 Å². The molecular formula is C17H27NO. The lowest BCUT2D eigenvalue weighted by Gasteiger charge is -2.22. The van der Waals surface area contributed by atoms with Crippen molar-refractivity contribution >= 4 is 0 Å². The quantitative estimate of drug-likeness (QED) is 0.826. The normalized spacial score (nSPS) is 23.9. The summed E-state index contributed by atoms with van der Waals surface area (Å²) in [5, 5.41) is 3.64. The highest BCUT2D eigenvalue weighted by atomic mass is 16.5. The van der Waals surface area contributed by atoms with Crippen molar-refractivity contribution in [2.24, 2.45) is 0 Å². The molecule has 1 fully saturated rings. The van der Waals surface area contributed by atoms with Gasteiger partial charge in [0.2, 0.25) is 0 Å². The van der Waals surface area contributed by atoms with Gasteiger partial charge >= 0.3 is 0 Å². The first-order chi connectivity index (χ1) is 9.24. The topological polar surface area (TPSA) is 21.3 Å². The van der Waals surface area contributed by atoms with E-state index in [1.165, 1.54) is 43.2 Å². The van der Waals surface area contributed by atoms with Crippen LogP contribution in [0.1, 0.15) is 56.1 Å². The van der Waals surface area contributed by atoms with Crippen LogP contribution in [0.4, 0.5) is 0 Å². The van der Waals surface area contributed by atoms with Crippen molar-refractivity contribution in [2.45, 2.75) is 57.9 Å². The summed E-state index contributed by atoms with van der Waals surface area (Å²) in [5.74, 6) is 1.68. The van der Waals surface area contributed by atoms with E-state index < -0.39 is 0 Å². The lowest BCUT2D eigenvalue weighted by Crippen LogP contribution is -2.29. The molecule has 0 aromatic heterocycles. The number of methoxy groups -OCH3 is 1. The molecule has 0 spiro atoms. The van der Waals surface area contributed by atoms with Crippen LogP contribution in [-0.4, -0.2) is 19.7 Å². The molecule has 19 heavy (non-hydrogen) atoms. The lowest BCUT2D eigenvalue weighted by molar-refractivity contribution is 0.413. The maximum absolute atomic E-state index is 5.31. The molecule has 0 aliphatic heterocycles. The van der Waals surface area contributed by atoms with Gasteiger partial charge < -0.3 is 10.1 Å². The van der Waals surface area contributed by atoms with Crippen LogP contribution in [0.5, 0.6) is 5.75 Å². The summed E-state index contributed by atoms with van der Waals surface area (Å²) < 4.78 is 5.31. The van der Waals surface area contributed by atoms with Gasteiger partial charge in [0.25, 0.3) is 0 Å². The molecule has 1 aliphatic carbocycles. The van der Waals surface area contributed by atoms with E-state index in [2.05, 4.69) is 37.4 Å². The van der Waals surface area contributed by atoms with Crippen molar-refractivity contribution in [1.82, 2.24) is 5.32 Å². The Morgan fingerprint density at radius 3 is 2.74 bits per heavy atom. The second-order valence-electron chi connectivity index (χ2n) is 5.69. The summed E-state index contributed by atoms with van der Waals surface area (Å²) in [7, 11) is 1.74. The highest BCUT2D eigenvalue weighted by molar-refractivity contribution is 5.37. The molecule has 2 heteroatoms. The van der Waals surface area contributed by atoms with E-state index in [9.17, 15) is 0 Å². The van der Waals surface area contributed by atoms with Crippen LogP contribution < -0.4 is 10.1 Å². The van der Waals surface area contributed by atoms with Gasteiger partial charge in [-0.15, -0.1) is 0 Å². The average molecular weight is 261 g/mol. The largest absolute Gasteiger partial charge is 0.497 e. The van der Waals surface area contributed by atoms with Crippen molar-refractivity contribution in [3.63, 3.8) is 0 Å². The molecule has 2 unspecified atom stereocenters. The molecule has 0 saturated heterocycles. The molecular weight excluding hydrogens is 234 g/mol. The van der Waals surface area contributed by atoms with Gasteiger partial charge in [-0.1, -0.05) is 25.8 Å². The summed E-state index contributed by atoms with van der Waals surface area (Å²) in [4.78, 5) is 0. The number of hydrogen-bond acceptors (Lipinski definition) is 2. The molecule has 2 nitrogen and oxygen atoms in total. The van der Waals surface area contributed by atoms with Gasteiger partial charge in [-0.2, -0.15) is 0 Å². The van der Waals surface area contributed by atoms with Crippen molar-refractivity contribution in [3.8, 4) is 5.75 Å². The van der Waals surface area contributed by atoms with E-state index in [1.807, 2.05) is 0 Å². The van der Waals surface area contributed by atoms with Gasteiger partial charge in [-0.05, 0) is 61.9 Å². The Hall–Kier alpha value is -1.02. The third-order valence-electron chi connectivity index (χ3n) is 4.33. The predicted molar refractivity (Wildman–Crippen MR) is 81.0 cm³/mol. The number of hydrogen-bond donors (Lipinski definition) is 1. The lowest BCUT2D eigenvalue weighted by atomic mass is 9.87. The number of benzene rings is 1. The Morgan fingerprint density at radius 2 is 2.05 bits per heavy atom. The third-order valence-corrected chi connectivity index (χ3v) is 4.33. The predicted octanol–water partition coefficient (Wildman–Crippen LogP) is 4.03. The summed E-state index contributed by atoms with van der Waals surface area (Å²) in [6.45, 7) is 5.50. The van der Waals surface area contributed by atoms with Crippen LogP contribution in [-0.2, 0) is 0 Å². The van der Waals surface area contributed by atoms with Crippen molar-refractivity contribution in [3.05, 3.63) is 29.3 Å². The Morgan fingerprint density at radius 1 is 1.26 bits per heavy atom. The van der Waals surface area contributed by atoms with Gasteiger partial charge in [-0.3, -0.25) is 0 Å². The van der Waals surface area contributed by atoms with E-state index in [0.29, 0.717) is 12.0 Å². The highest BCUT2D eigenvalue weighted by Crippen LogP contribution is 2.34. The molecule has 0 radical (unpaired) electrons. The molecule has 106 valence electrons. The minimum atomic E-state index is 0.694. The third kappa shape index (κ3) is 3.73. The van der Waals surface area contributed by atoms with Crippen molar-refractivity contribution in [1.29, 1.82) is 0 Å². The zero-order valence-corrected chi connectivity index (χ0v) is 12.5. The number of nitrogens with one attached hydrogen (secondary N) is 1. The zero-order chi connectivity index (χ0) is 13.7. The van der Waals surface area contributed by atoms with Crippen LogP contribution in [0.25, 0.3) is 0 Å². The van der Waals surface area contributed by atoms with E-state index in [4.69, 9.17) is 4.74 Å². The molecule has 1 saturated carbocycles. The van der Waals surface area contributed by atoms with E-state index in [-0.39, 0.29) is 0 Å². The molecule has 0 heterocycles. The summed E-state index contributed by atoms with van der Waals surface area (Å²) >= 11 is 0. The maximum Gasteiger partial charge on any atom is 0.119 e. The average Bonchev–Trinajstić information content (AvgIpc) is 2.64. The summed E-state index contributed by atoms with van der Waals surface area (Å²) in [5.41, 5.74) is 2.90. The molecule has 1 aliphatic rings. The van der Waals surface area contributed by atoms with Crippen LogP contribution in [0.2, 0.25) is 0 Å². The first kappa shape index (κ1) is 14.4. The number of rotatable bonds is 4.